The summed E-state index contributed by atoms with van der Waals surface area (Å²) in [6.07, 6.45) is 0. The van der Waals surface area contributed by atoms with E-state index in [1.807, 2.05) is 6.92 Å². The van der Waals surface area contributed by atoms with E-state index in [0.29, 0.717) is 5.56 Å². The van der Waals surface area contributed by atoms with Crippen molar-refractivity contribution in [3.63, 3.8) is 0 Å². The molecule has 1 aliphatic carbocycles. The molecule has 1 saturated carbocycles. The Hall–Kier alpha value is -2.25. The molecule has 1 fully saturated rings. The van der Waals surface area contributed by atoms with Crippen LogP contribution in [-0.4, -0.2) is 31.3 Å². The van der Waals surface area contributed by atoms with E-state index in [0.717, 1.165) is 5.56 Å². The van der Waals surface area contributed by atoms with Crippen LogP contribution >= 0.6 is 0 Å². The zero-order chi connectivity index (χ0) is 18.4. The SMILES string of the molecule is Cc1ccc(S(=O)(=O)[C@H]2[C@@H](c3ccc(F)cc3)[C@@]2(CN)C(=O)O)cc1. The van der Waals surface area contributed by atoms with E-state index < -0.39 is 38.2 Å². The summed E-state index contributed by atoms with van der Waals surface area (Å²) in [5.74, 6) is -2.55. The Morgan fingerprint density at radius 2 is 1.72 bits per heavy atom. The van der Waals surface area contributed by atoms with Crippen molar-refractivity contribution < 1.29 is 22.7 Å². The summed E-state index contributed by atoms with van der Waals surface area (Å²) in [5, 5.41) is 8.51. The van der Waals surface area contributed by atoms with Crippen molar-refractivity contribution >= 4 is 15.8 Å². The highest BCUT2D eigenvalue weighted by molar-refractivity contribution is 7.92. The van der Waals surface area contributed by atoms with Crippen molar-refractivity contribution in [2.75, 3.05) is 6.54 Å². The minimum atomic E-state index is -3.91. The molecule has 0 aliphatic heterocycles. The quantitative estimate of drug-likeness (QED) is 0.848. The fraction of sp³-hybridized carbons (Fsp3) is 0.278. The van der Waals surface area contributed by atoms with Crippen LogP contribution in [0, 0.1) is 18.2 Å². The lowest BCUT2D eigenvalue weighted by Crippen LogP contribution is -2.31. The van der Waals surface area contributed by atoms with Gasteiger partial charge in [0.2, 0.25) is 0 Å². The van der Waals surface area contributed by atoms with E-state index in [-0.39, 0.29) is 11.4 Å². The highest BCUT2D eigenvalue weighted by Gasteiger charge is 2.75. The molecular weight excluding hydrogens is 345 g/mol. The summed E-state index contributed by atoms with van der Waals surface area (Å²) in [6.45, 7) is 1.51. The normalized spacial score (nSPS) is 25.6. The number of aryl methyl sites for hydroxylation is 1. The maximum Gasteiger partial charge on any atom is 0.312 e. The van der Waals surface area contributed by atoms with E-state index in [2.05, 4.69) is 0 Å². The summed E-state index contributed by atoms with van der Waals surface area (Å²) in [7, 11) is -3.91. The smallest absolute Gasteiger partial charge is 0.312 e. The largest absolute Gasteiger partial charge is 0.481 e. The second-order valence-electron chi connectivity index (χ2n) is 6.36. The molecule has 0 amide bonds. The van der Waals surface area contributed by atoms with Crippen LogP contribution in [0.3, 0.4) is 0 Å². The van der Waals surface area contributed by atoms with Crippen LogP contribution in [-0.2, 0) is 14.6 Å². The first-order valence-electron chi connectivity index (χ1n) is 7.74. The van der Waals surface area contributed by atoms with Crippen LogP contribution in [0.1, 0.15) is 17.0 Å². The number of carboxylic acids is 1. The molecule has 5 nitrogen and oxygen atoms in total. The second kappa shape index (κ2) is 5.93. The Bertz CT molecular complexity index is 909. The zero-order valence-electron chi connectivity index (χ0n) is 13.5. The number of rotatable bonds is 5. The lowest BCUT2D eigenvalue weighted by Gasteiger charge is -2.10. The molecule has 3 N–H and O–H groups in total. The average Bonchev–Trinajstić information content (AvgIpc) is 3.27. The van der Waals surface area contributed by atoms with E-state index in [4.69, 9.17) is 5.73 Å². The molecule has 0 aromatic heterocycles. The standard InChI is InChI=1S/C18H18FNO4S/c1-11-2-8-14(9-3-11)25(23,24)16-15(18(16,10-20)17(21)22)12-4-6-13(19)7-5-12/h2-9,15-16H,10,20H2,1H3,(H,21,22)/t15-,16+,18-/m1/s1. The lowest BCUT2D eigenvalue weighted by molar-refractivity contribution is -0.143. The first kappa shape index (κ1) is 17.6. The third-order valence-corrected chi connectivity index (χ3v) is 7.20. The molecule has 0 unspecified atom stereocenters. The van der Waals surface area contributed by atoms with Crippen LogP contribution in [0.25, 0.3) is 0 Å². The molecule has 2 aromatic carbocycles. The number of carbonyl (C=O) groups is 1. The molecule has 0 bridgehead atoms. The molecule has 25 heavy (non-hydrogen) atoms. The van der Waals surface area contributed by atoms with Crippen LogP contribution in [0.2, 0.25) is 0 Å². The van der Waals surface area contributed by atoms with Crippen molar-refractivity contribution in [2.24, 2.45) is 11.1 Å². The van der Waals surface area contributed by atoms with Crippen LogP contribution < -0.4 is 5.73 Å². The molecular formula is C18H18FNO4S. The van der Waals surface area contributed by atoms with Crippen molar-refractivity contribution in [2.45, 2.75) is 23.0 Å². The van der Waals surface area contributed by atoms with Gasteiger partial charge in [0.1, 0.15) is 11.2 Å². The molecule has 0 spiro atoms. The average molecular weight is 363 g/mol. The fourth-order valence-corrected chi connectivity index (χ4v) is 5.85. The highest BCUT2D eigenvalue weighted by atomic mass is 32.2. The van der Waals surface area contributed by atoms with Gasteiger partial charge in [-0.25, -0.2) is 12.8 Å². The third-order valence-electron chi connectivity index (χ3n) is 4.91. The molecule has 1 aliphatic rings. The van der Waals surface area contributed by atoms with Gasteiger partial charge < -0.3 is 10.8 Å². The van der Waals surface area contributed by atoms with Crippen molar-refractivity contribution in [1.82, 2.24) is 0 Å². The number of benzene rings is 2. The van der Waals surface area contributed by atoms with E-state index in [1.54, 1.807) is 12.1 Å². The van der Waals surface area contributed by atoms with E-state index >= 15 is 0 Å². The Kier molecular flexibility index (Phi) is 4.17. The van der Waals surface area contributed by atoms with Crippen LogP contribution in [0.5, 0.6) is 0 Å². The maximum atomic E-state index is 13.2. The molecule has 0 radical (unpaired) electrons. The molecule has 0 saturated heterocycles. The van der Waals surface area contributed by atoms with E-state index in [1.165, 1.54) is 36.4 Å². The van der Waals surface area contributed by atoms with Crippen LogP contribution in [0.4, 0.5) is 4.39 Å². The highest BCUT2D eigenvalue weighted by Crippen LogP contribution is 2.63. The summed E-state index contributed by atoms with van der Waals surface area (Å²) < 4.78 is 39.3. The second-order valence-corrected chi connectivity index (χ2v) is 8.43. The minimum Gasteiger partial charge on any atom is -0.481 e. The van der Waals surface area contributed by atoms with Gasteiger partial charge in [0, 0.05) is 12.5 Å². The summed E-state index contributed by atoms with van der Waals surface area (Å²) in [4.78, 5) is 12.0. The van der Waals surface area contributed by atoms with Gasteiger partial charge in [0.15, 0.2) is 9.84 Å². The first-order chi connectivity index (χ1) is 11.7. The van der Waals surface area contributed by atoms with Gasteiger partial charge in [-0.15, -0.1) is 0 Å². The predicted octanol–water partition coefficient (Wildman–Crippen LogP) is 2.10. The molecule has 132 valence electrons. The fourth-order valence-electron chi connectivity index (χ4n) is 3.46. The Morgan fingerprint density at radius 3 is 2.20 bits per heavy atom. The number of aliphatic carboxylic acids is 1. The maximum absolute atomic E-state index is 13.2. The van der Waals surface area contributed by atoms with Crippen LogP contribution in [0.15, 0.2) is 53.4 Å². The number of carboxylic acid groups (broad SMARTS) is 1. The Morgan fingerprint density at radius 1 is 1.16 bits per heavy atom. The van der Waals surface area contributed by atoms with Gasteiger partial charge >= 0.3 is 5.97 Å². The predicted molar refractivity (Wildman–Crippen MR) is 90.4 cm³/mol. The van der Waals surface area contributed by atoms with Crippen molar-refractivity contribution in [3.05, 3.63) is 65.5 Å². The van der Waals surface area contributed by atoms with Crippen molar-refractivity contribution in [1.29, 1.82) is 0 Å². The Balaban J connectivity index is 2.10. The zero-order valence-corrected chi connectivity index (χ0v) is 14.3. The van der Waals surface area contributed by atoms with E-state index in [9.17, 15) is 22.7 Å². The molecule has 3 rings (SSSR count). The molecule has 7 heteroatoms. The van der Waals surface area contributed by atoms with Crippen molar-refractivity contribution in [3.8, 4) is 0 Å². The lowest BCUT2D eigenvalue weighted by atomic mass is 9.99. The number of hydrogen-bond acceptors (Lipinski definition) is 4. The first-order valence-corrected chi connectivity index (χ1v) is 9.29. The molecule has 0 heterocycles. The number of nitrogens with two attached hydrogens (primary N) is 1. The molecule has 3 atom stereocenters. The summed E-state index contributed by atoms with van der Waals surface area (Å²) >= 11 is 0. The topological polar surface area (TPSA) is 97.5 Å². The third kappa shape index (κ3) is 2.63. The number of halogens is 1. The van der Waals surface area contributed by atoms with Gasteiger partial charge in [-0.3, -0.25) is 4.79 Å². The monoisotopic (exact) mass is 363 g/mol. The molecule has 2 aromatic rings. The van der Waals surface area contributed by atoms with Gasteiger partial charge in [-0.1, -0.05) is 29.8 Å². The number of sulfone groups is 1. The number of hydrogen-bond donors (Lipinski definition) is 2. The summed E-state index contributed by atoms with van der Waals surface area (Å²) in [6, 6.07) is 11.5. The summed E-state index contributed by atoms with van der Waals surface area (Å²) in [5.41, 5.74) is 5.44. The Labute approximate surface area is 145 Å². The minimum absolute atomic E-state index is 0.0618. The van der Waals surface area contributed by atoms with Gasteiger partial charge in [-0.05, 0) is 36.8 Å². The van der Waals surface area contributed by atoms with Gasteiger partial charge in [0.05, 0.1) is 10.1 Å². The van der Waals surface area contributed by atoms with Gasteiger partial charge in [0.25, 0.3) is 0 Å². The van der Waals surface area contributed by atoms with Gasteiger partial charge in [-0.2, -0.15) is 0 Å².